The van der Waals surface area contributed by atoms with Crippen LogP contribution in [0.25, 0.3) is 0 Å². The molecule has 82 valence electrons. The third-order valence-electron chi connectivity index (χ3n) is 1.99. The van der Waals surface area contributed by atoms with Crippen LogP contribution in [0.15, 0.2) is 24.3 Å². The van der Waals surface area contributed by atoms with Crippen molar-refractivity contribution in [2.45, 2.75) is 13.0 Å². The molecular weight excluding hydrogens is 213 g/mol. The fraction of sp³-hybridized carbons (Fsp3) is 0.364. The average molecular weight is 227 g/mol. The largest absolute Gasteiger partial charge is 0.349 e. The Morgan fingerprint density at radius 2 is 2.20 bits per heavy atom. The number of amides is 1. The molecule has 2 nitrogen and oxygen atoms in total. The third-order valence-corrected chi connectivity index (χ3v) is 2.66. The first-order valence-electron chi connectivity index (χ1n) is 4.65. The maximum absolute atomic E-state index is 13.5. The summed E-state index contributed by atoms with van der Waals surface area (Å²) in [4.78, 5) is 11.0. The van der Waals surface area contributed by atoms with Crippen LogP contribution in [-0.2, 0) is 4.79 Å². The summed E-state index contributed by atoms with van der Waals surface area (Å²) in [6.07, 6.45) is 1.93. The number of hydrogen-bond donors (Lipinski definition) is 1. The highest BCUT2D eigenvalue weighted by Gasteiger charge is 2.15. The van der Waals surface area contributed by atoms with Crippen LogP contribution in [0.3, 0.4) is 0 Å². The molecule has 0 aliphatic carbocycles. The van der Waals surface area contributed by atoms with Gasteiger partial charge in [-0.2, -0.15) is 11.8 Å². The highest BCUT2D eigenvalue weighted by Crippen LogP contribution is 2.19. The van der Waals surface area contributed by atoms with E-state index in [9.17, 15) is 9.18 Å². The monoisotopic (exact) mass is 227 g/mol. The van der Waals surface area contributed by atoms with E-state index in [-0.39, 0.29) is 17.8 Å². The molecule has 0 radical (unpaired) electrons. The Morgan fingerprint density at radius 3 is 2.73 bits per heavy atom. The van der Waals surface area contributed by atoms with Gasteiger partial charge in [-0.3, -0.25) is 4.79 Å². The van der Waals surface area contributed by atoms with Gasteiger partial charge in [-0.25, -0.2) is 4.39 Å². The van der Waals surface area contributed by atoms with Crippen LogP contribution in [0.2, 0.25) is 0 Å². The number of nitrogens with one attached hydrogen (secondary N) is 1. The van der Waals surface area contributed by atoms with Gasteiger partial charge in [-0.05, 0) is 12.3 Å². The van der Waals surface area contributed by atoms with E-state index in [2.05, 4.69) is 5.32 Å². The first-order chi connectivity index (χ1) is 7.15. The molecular formula is C11H14FNOS. The zero-order valence-corrected chi connectivity index (χ0v) is 9.60. The van der Waals surface area contributed by atoms with E-state index in [0.717, 1.165) is 0 Å². The maximum Gasteiger partial charge on any atom is 0.217 e. The number of thioether (sulfide) groups is 1. The molecule has 1 amide bonds. The van der Waals surface area contributed by atoms with Crippen molar-refractivity contribution in [2.24, 2.45) is 0 Å². The summed E-state index contributed by atoms with van der Waals surface area (Å²) in [6, 6.07) is 6.27. The van der Waals surface area contributed by atoms with Gasteiger partial charge in [0.2, 0.25) is 5.91 Å². The molecule has 0 aromatic heterocycles. The highest BCUT2D eigenvalue weighted by atomic mass is 32.2. The summed E-state index contributed by atoms with van der Waals surface area (Å²) in [7, 11) is 0. The van der Waals surface area contributed by atoms with Crippen LogP contribution in [0.1, 0.15) is 18.5 Å². The van der Waals surface area contributed by atoms with Gasteiger partial charge in [0, 0.05) is 18.2 Å². The average Bonchev–Trinajstić information content (AvgIpc) is 2.17. The molecule has 1 aromatic carbocycles. The zero-order chi connectivity index (χ0) is 11.3. The van der Waals surface area contributed by atoms with Crippen LogP contribution in [0.5, 0.6) is 0 Å². The number of halogens is 1. The number of hydrogen-bond acceptors (Lipinski definition) is 2. The molecule has 0 bridgehead atoms. The van der Waals surface area contributed by atoms with E-state index >= 15 is 0 Å². The van der Waals surface area contributed by atoms with Gasteiger partial charge in [-0.15, -0.1) is 0 Å². The second-order valence-corrected chi connectivity index (χ2v) is 4.14. The maximum atomic E-state index is 13.5. The molecule has 4 heteroatoms. The van der Waals surface area contributed by atoms with Crippen molar-refractivity contribution in [1.82, 2.24) is 5.32 Å². The van der Waals surface area contributed by atoms with Crippen molar-refractivity contribution >= 4 is 17.7 Å². The van der Waals surface area contributed by atoms with Crippen molar-refractivity contribution in [1.29, 1.82) is 0 Å². The Hall–Kier alpha value is -1.03. The SMILES string of the molecule is CSC[C@@H](NC(C)=O)c1ccccc1F. The summed E-state index contributed by atoms with van der Waals surface area (Å²) >= 11 is 1.57. The predicted octanol–water partition coefficient (Wildman–Crippen LogP) is 2.37. The van der Waals surface area contributed by atoms with Crippen molar-refractivity contribution in [3.8, 4) is 0 Å². The van der Waals surface area contributed by atoms with E-state index < -0.39 is 0 Å². The Balaban J connectivity index is 2.88. The number of rotatable bonds is 4. The standard InChI is InChI=1S/C11H14FNOS/c1-8(14)13-11(7-15-2)9-5-3-4-6-10(9)12/h3-6,11H,7H2,1-2H3,(H,13,14)/t11-/m1/s1. The minimum atomic E-state index is -0.273. The first kappa shape index (κ1) is 12.0. The minimum absolute atomic E-state index is 0.141. The molecule has 1 rings (SSSR count). The lowest BCUT2D eigenvalue weighted by molar-refractivity contribution is -0.119. The van der Waals surface area contributed by atoms with Crippen molar-refractivity contribution in [3.05, 3.63) is 35.6 Å². The molecule has 0 heterocycles. The molecule has 0 aliphatic heterocycles. The molecule has 0 saturated heterocycles. The molecule has 1 atom stereocenters. The quantitative estimate of drug-likeness (QED) is 0.855. The lowest BCUT2D eigenvalue weighted by Crippen LogP contribution is -2.28. The highest BCUT2D eigenvalue weighted by molar-refractivity contribution is 7.98. The predicted molar refractivity (Wildman–Crippen MR) is 61.3 cm³/mol. The van der Waals surface area contributed by atoms with Crippen LogP contribution in [0.4, 0.5) is 4.39 Å². The van der Waals surface area contributed by atoms with Gasteiger partial charge >= 0.3 is 0 Å². The van der Waals surface area contributed by atoms with E-state index in [1.807, 2.05) is 6.26 Å². The smallest absolute Gasteiger partial charge is 0.217 e. The van der Waals surface area contributed by atoms with Crippen molar-refractivity contribution in [3.63, 3.8) is 0 Å². The van der Waals surface area contributed by atoms with E-state index in [4.69, 9.17) is 0 Å². The van der Waals surface area contributed by atoms with Gasteiger partial charge in [0.25, 0.3) is 0 Å². The van der Waals surface area contributed by atoms with Gasteiger partial charge in [-0.1, -0.05) is 18.2 Å². The summed E-state index contributed by atoms with van der Waals surface area (Å²) < 4.78 is 13.5. The second kappa shape index (κ2) is 5.75. The molecule has 1 aromatic rings. The zero-order valence-electron chi connectivity index (χ0n) is 8.79. The van der Waals surface area contributed by atoms with Gasteiger partial charge in [0.05, 0.1) is 6.04 Å². The lowest BCUT2D eigenvalue weighted by Gasteiger charge is -2.17. The summed E-state index contributed by atoms with van der Waals surface area (Å²) in [6.45, 7) is 1.44. The van der Waals surface area contributed by atoms with Crippen LogP contribution in [-0.4, -0.2) is 17.9 Å². The van der Waals surface area contributed by atoms with Crippen LogP contribution in [0, 0.1) is 5.82 Å². The molecule has 0 spiro atoms. The normalized spacial score (nSPS) is 12.2. The Bertz CT molecular complexity index is 343. The fourth-order valence-electron chi connectivity index (χ4n) is 1.38. The van der Waals surface area contributed by atoms with Crippen LogP contribution >= 0.6 is 11.8 Å². The summed E-state index contributed by atoms with van der Waals surface area (Å²) in [5, 5.41) is 2.74. The van der Waals surface area contributed by atoms with Gasteiger partial charge < -0.3 is 5.32 Å². The third kappa shape index (κ3) is 3.55. The number of carbonyl (C=O) groups excluding carboxylic acids is 1. The minimum Gasteiger partial charge on any atom is -0.349 e. The number of benzene rings is 1. The van der Waals surface area contributed by atoms with Crippen LogP contribution < -0.4 is 5.32 Å². The first-order valence-corrected chi connectivity index (χ1v) is 6.05. The van der Waals surface area contributed by atoms with Crippen molar-refractivity contribution < 1.29 is 9.18 Å². The van der Waals surface area contributed by atoms with Crippen molar-refractivity contribution in [2.75, 3.05) is 12.0 Å². The molecule has 0 unspecified atom stereocenters. The van der Waals surface area contributed by atoms with Gasteiger partial charge in [0.15, 0.2) is 0 Å². The lowest BCUT2D eigenvalue weighted by atomic mass is 10.1. The van der Waals surface area contributed by atoms with E-state index in [1.165, 1.54) is 13.0 Å². The Labute approximate surface area is 93.3 Å². The summed E-state index contributed by atoms with van der Waals surface area (Å²) in [5.41, 5.74) is 0.544. The summed E-state index contributed by atoms with van der Waals surface area (Å²) in [5.74, 6) is 0.253. The van der Waals surface area contributed by atoms with Gasteiger partial charge in [0.1, 0.15) is 5.82 Å². The molecule has 0 saturated carbocycles. The Kier molecular flexibility index (Phi) is 4.62. The Morgan fingerprint density at radius 1 is 1.53 bits per heavy atom. The number of carbonyl (C=O) groups is 1. The fourth-order valence-corrected chi connectivity index (χ4v) is 1.98. The van der Waals surface area contributed by atoms with E-state index in [1.54, 1.807) is 30.0 Å². The molecule has 15 heavy (non-hydrogen) atoms. The topological polar surface area (TPSA) is 29.1 Å². The molecule has 1 N–H and O–H groups in total. The van der Waals surface area contributed by atoms with E-state index in [0.29, 0.717) is 11.3 Å². The second-order valence-electron chi connectivity index (χ2n) is 3.23. The molecule has 0 aliphatic rings. The molecule has 0 fully saturated rings.